The highest BCUT2D eigenvalue weighted by atomic mass is 79.9. The third-order valence-electron chi connectivity index (χ3n) is 2.56. The molecule has 4 nitrogen and oxygen atoms in total. The predicted molar refractivity (Wildman–Crippen MR) is 86.7 cm³/mol. The number of nitrogens with zero attached hydrogens (tertiary/aromatic N) is 2. The average Bonchev–Trinajstić information content (AvgIpc) is 3.12. The van der Waals surface area contributed by atoms with Gasteiger partial charge in [-0.2, -0.15) is 0 Å². The lowest BCUT2D eigenvalue weighted by atomic mass is 10.3. The monoisotopic (exact) mass is 380 g/mol. The summed E-state index contributed by atoms with van der Waals surface area (Å²) < 4.78 is 5.78. The Labute approximate surface area is 137 Å². The molecular weight excluding hydrogens is 372 g/mol. The summed E-state index contributed by atoms with van der Waals surface area (Å²) in [7, 11) is 0. The lowest BCUT2D eigenvalue weighted by Crippen LogP contribution is -2.12. The van der Waals surface area contributed by atoms with Gasteiger partial charge >= 0.3 is 5.97 Å². The van der Waals surface area contributed by atoms with Crippen LogP contribution in [0.5, 0.6) is 5.75 Å². The minimum atomic E-state index is -0.355. The fourth-order valence-electron chi connectivity index (χ4n) is 1.66. The molecule has 0 saturated carbocycles. The summed E-state index contributed by atoms with van der Waals surface area (Å²) in [6.45, 7) is 0. The molecule has 0 aromatic carbocycles. The molecule has 0 radical (unpaired) electrons. The zero-order chi connectivity index (χ0) is 14.7. The molecule has 0 fully saturated rings. The minimum absolute atomic E-state index is 0.142. The molecule has 7 heteroatoms. The molecule has 0 aliphatic carbocycles. The molecule has 0 atom stereocenters. The molecule has 3 aromatic rings. The number of esters is 1. The van der Waals surface area contributed by atoms with Crippen molar-refractivity contribution in [1.82, 2.24) is 9.97 Å². The first-order valence-electron chi connectivity index (χ1n) is 6.02. The highest BCUT2D eigenvalue weighted by Gasteiger charge is 2.13. The van der Waals surface area contributed by atoms with E-state index in [1.807, 2.05) is 22.9 Å². The maximum Gasteiger partial charge on any atom is 0.317 e. The van der Waals surface area contributed by atoms with Crippen LogP contribution in [0.25, 0.3) is 9.88 Å². The van der Waals surface area contributed by atoms with Crippen LogP contribution in [0.15, 0.2) is 45.8 Å². The van der Waals surface area contributed by atoms with E-state index in [0.29, 0.717) is 16.0 Å². The van der Waals surface area contributed by atoms with E-state index >= 15 is 0 Å². The van der Waals surface area contributed by atoms with E-state index in [0.717, 1.165) is 9.88 Å². The number of thiophene rings is 1. The topological polar surface area (TPSA) is 52.1 Å². The van der Waals surface area contributed by atoms with E-state index < -0.39 is 0 Å². The van der Waals surface area contributed by atoms with Crippen molar-refractivity contribution in [2.24, 2.45) is 0 Å². The number of hydrogen-bond donors (Lipinski definition) is 0. The number of hydrogen-bond acceptors (Lipinski definition) is 6. The fourth-order valence-corrected chi connectivity index (χ4v) is 3.62. The second-order valence-corrected chi connectivity index (χ2v) is 6.62. The summed E-state index contributed by atoms with van der Waals surface area (Å²) in [6, 6.07) is 7.39. The third-order valence-corrected chi connectivity index (χ3v) is 5.08. The first kappa shape index (κ1) is 14.4. The van der Waals surface area contributed by atoms with E-state index in [2.05, 4.69) is 25.9 Å². The Kier molecular flexibility index (Phi) is 4.42. The highest BCUT2D eigenvalue weighted by Crippen LogP contribution is 2.28. The number of thiazole rings is 1. The molecule has 0 aliphatic heterocycles. The van der Waals surface area contributed by atoms with Crippen molar-refractivity contribution < 1.29 is 9.53 Å². The van der Waals surface area contributed by atoms with Crippen LogP contribution in [0, 0.1) is 0 Å². The van der Waals surface area contributed by atoms with Gasteiger partial charge in [-0.3, -0.25) is 4.79 Å². The van der Waals surface area contributed by atoms with Crippen molar-refractivity contribution in [2.45, 2.75) is 6.42 Å². The highest BCUT2D eigenvalue weighted by molar-refractivity contribution is 9.10. The summed E-state index contributed by atoms with van der Waals surface area (Å²) in [4.78, 5) is 21.5. The second-order valence-electron chi connectivity index (χ2n) is 4.06. The van der Waals surface area contributed by atoms with Gasteiger partial charge in [0, 0.05) is 11.6 Å². The van der Waals surface area contributed by atoms with Gasteiger partial charge in [-0.25, -0.2) is 9.97 Å². The molecule has 0 spiro atoms. The van der Waals surface area contributed by atoms with Crippen LogP contribution in [0.2, 0.25) is 0 Å². The SMILES string of the molecule is O=C(Cc1csc(-c2cccs2)n1)Oc1cccnc1Br. The summed E-state index contributed by atoms with van der Waals surface area (Å²) in [6.07, 6.45) is 1.76. The fraction of sp³-hybridized carbons (Fsp3) is 0.0714. The summed E-state index contributed by atoms with van der Waals surface area (Å²) >= 11 is 6.40. The molecule has 3 aromatic heterocycles. The molecule has 0 unspecified atom stereocenters. The van der Waals surface area contributed by atoms with Gasteiger partial charge < -0.3 is 4.74 Å². The molecule has 106 valence electrons. The lowest BCUT2D eigenvalue weighted by molar-refractivity contribution is -0.133. The predicted octanol–water partition coefficient (Wildman–Crippen LogP) is 4.18. The molecule has 0 aliphatic rings. The van der Waals surface area contributed by atoms with Crippen LogP contribution in [-0.4, -0.2) is 15.9 Å². The standard InChI is InChI=1S/C14H9BrN2O2S2/c15-13-10(3-1-5-16-13)19-12(18)7-9-8-21-14(17-9)11-4-2-6-20-11/h1-6,8H,7H2. The first-order chi connectivity index (χ1) is 10.2. The summed E-state index contributed by atoms with van der Waals surface area (Å²) in [5.41, 5.74) is 0.716. The van der Waals surface area contributed by atoms with Crippen LogP contribution >= 0.6 is 38.6 Å². The van der Waals surface area contributed by atoms with Gasteiger partial charge in [0.1, 0.15) is 9.61 Å². The zero-order valence-corrected chi connectivity index (χ0v) is 13.9. The van der Waals surface area contributed by atoms with Gasteiger partial charge in [0.25, 0.3) is 0 Å². The smallest absolute Gasteiger partial charge is 0.317 e. The van der Waals surface area contributed by atoms with E-state index in [1.54, 1.807) is 29.7 Å². The average molecular weight is 381 g/mol. The number of pyridine rings is 1. The Morgan fingerprint density at radius 3 is 2.95 bits per heavy atom. The van der Waals surface area contributed by atoms with Crippen molar-refractivity contribution in [3.05, 3.63) is 51.5 Å². The molecule has 0 saturated heterocycles. The van der Waals surface area contributed by atoms with Crippen LogP contribution < -0.4 is 4.74 Å². The summed E-state index contributed by atoms with van der Waals surface area (Å²) in [5, 5.41) is 4.81. The molecule has 3 heterocycles. The number of halogens is 1. The van der Waals surface area contributed by atoms with Crippen molar-refractivity contribution in [3.8, 4) is 15.6 Å². The zero-order valence-electron chi connectivity index (χ0n) is 10.7. The second kappa shape index (κ2) is 6.46. The van der Waals surface area contributed by atoms with Gasteiger partial charge in [0.05, 0.1) is 17.0 Å². The van der Waals surface area contributed by atoms with E-state index in [-0.39, 0.29) is 12.4 Å². The van der Waals surface area contributed by atoms with E-state index in [9.17, 15) is 4.79 Å². The maximum absolute atomic E-state index is 11.9. The van der Waals surface area contributed by atoms with E-state index in [4.69, 9.17) is 4.74 Å². The van der Waals surface area contributed by atoms with Gasteiger partial charge in [-0.05, 0) is 39.5 Å². The number of carbonyl (C=O) groups is 1. The van der Waals surface area contributed by atoms with Gasteiger partial charge in [0.15, 0.2) is 5.75 Å². The molecular formula is C14H9BrN2O2S2. The Balaban J connectivity index is 1.67. The maximum atomic E-state index is 11.9. The summed E-state index contributed by atoms with van der Waals surface area (Å²) in [5.74, 6) is 0.0583. The van der Waals surface area contributed by atoms with Gasteiger partial charge in [0.2, 0.25) is 0 Å². The number of carbonyl (C=O) groups excluding carboxylic acids is 1. The van der Waals surface area contributed by atoms with Crippen LogP contribution in [-0.2, 0) is 11.2 Å². The molecule has 3 rings (SSSR count). The van der Waals surface area contributed by atoms with Crippen molar-refractivity contribution in [3.63, 3.8) is 0 Å². The minimum Gasteiger partial charge on any atom is -0.423 e. The number of aromatic nitrogens is 2. The van der Waals surface area contributed by atoms with Crippen molar-refractivity contribution in [1.29, 1.82) is 0 Å². The molecule has 0 amide bonds. The largest absolute Gasteiger partial charge is 0.423 e. The van der Waals surface area contributed by atoms with Crippen LogP contribution in [0.4, 0.5) is 0 Å². The van der Waals surface area contributed by atoms with Gasteiger partial charge in [-0.15, -0.1) is 22.7 Å². The molecule has 21 heavy (non-hydrogen) atoms. The van der Waals surface area contributed by atoms with E-state index in [1.165, 1.54) is 11.3 Å². The molecule has 0 N–H and O–H groups in total. The number of rotatable bonds is 4. The quantitative estimate of drug-likeness (QED) is 0.503. The Morgan fingerprint density at radius 1 is 1.29 bits per heavy atom. The Morgan fingerprint density at radius 2 is 2.19 bits per heavy atom. The van der Waals surface area contributed by atoms with Gasteiger partial charge in [-0.1, -0.05) is 6.07 Å². The van der Waals surface area contributed by atoms with Crippen LogP contribution in [0.3, 0.4) is 0 Å². The molecule has 0 bridgehead atoms. The number of ether oxygens (including phenoxy) is 1. The first-order valence-corrected chi connectivity index (χ1v) is 8.57. The Bertz CT molecular complexity index is 756. The Hall–Kier alpha value is -1.57. The van der Waals surface area contributed by atoms with Crippen molar-refractivity contribution in [2.75, 3.05) is 0 Å². The lowest BCUT2D eigenvalue weighted by Gasteiger charge is -2.03. The normalized spacial score (nSPS) is 10.5. The van der Waals surface area contributed by atoms with Crippen molar-refractivity contribution >= 4 is 44.6 Å². The van der Waals surface area contributed by atoms with Crippen LogP contribution in [0.1, 0.15) is 5.69 Å². The third kappa shape index (κ3) is 3.55.